The van der Waals surface area contributed by atoms with Crippen LogP contribution in [0.25, 0.3) is 22.3 Å². The summed E-state index contributed by atoms with van der Waals surface area (Å²) in [6.45, 7) is 31.5. The first-order valence-corrected chi connectivity index (χ1v) is 48.7. The lowest BCUT2D eigenvalue weighted by atomic mass is 9.74. The number of piperazine rings is 1. The summed E-state index contributed by atoms with van der Waals surface area (Å²) in [5.41, 5.74) is 19.6. The van der Waals surface area contributed by atoms with Crippen molar-refractivity contribution >= 4 is 80.4 Å². The molecule has 9 aliphatic rings. The highest BCUT2D eigenvalue weighted by Gasteiger charge is 2.46. The molecule has 0 bridgehead atoms. The van der Waals surface area contributed by atoms with Crippen molar-refractivity contribution in [2.75, 3.05) is 74.3 Å². The van der Waals surface area contributed by atoms with Crippen molar-refractivity contribution in [2.24, 2.45) is 21.7 Å². The van der Waals surface area contributed by atoms with Gasteiger partial charge in [-0.1, -0.05) is 162 Å². The molecule has 0 atom stereocenters. The van der Waals surface area contributed by atoms with Crippen molar-refractivity contribution in [1.29, 1.82) is 0 Å². The van der Waals surface area contributed by atoms with Gasteiger partial charge in [0.05, 0.1) is 47.0 Å². The molecule has 133 heavy (non-hydrogen) atoms. The molecule has 8 aromatic rings. The summed E-state index contributed by atoms with van der Waals surface area (Å²) in [6, 6.07) is 22.9. The van der Waals surface area contributed by atoms with Gasteiger partial charge >= 0.3 is 5.97 Å². The van der Waals surface area contributed by atoms with Crippen molar-refractivity contribution in [1.82, 2.24) is 60.0 Å². The van der Waals surface area contributed by atoms with Crippen LogP contribution >= 0.6 is 0 Å². The van der Waals surface area contributed by atoms with Crippen LogP contribution in [-0.2, 0) is 30.8 Å². The number of rotatable bonds is 23. The Balaban J connectivity index is 0.000000143. The first-order valence-electron chi connectivity index (χ1n) is 48.7. The normalized spacial score (nSPS) is 20.0. The van der Waals surface area contributed by atoms with Gasteiger partial charge in [0, 0.05) is 116 Å². The lowest BCUT2D eigenvalue weighted by Gasteiger charge is -2.46. The lowest BCUT2D eigenvalue weighted by Crippen LogP contribution is -2.54. The van der Waals surface area contributed by atoms with E-state index in [0.29, 0.717) is 83.5 Å². The van der Waals surface area contributed by atoms with E-state index in [9.17, 15) is 33.9 Å². The molecule has 704 valence electrons. The van der Waals surface area contributed by atoms with Crippen LogP contribution in [0.1, 0.15) is 364 Å². The van der Waals surface area contributed by atoms with Crippen LogP contribution in [0.3, 0.4) is 0 Å². The van der Waals surface area contributed by atoms with Crippen LogP contribution < -0.4 is 26.6 Å². The van der Waals surface area contributed by atoms with Crippen molar-refractivity contribution in [2.45, 2.75) is 285 Å². The molecule has 8 aliphatic carbocycles. The van der Waals surface area contributed by atoms with E-state index in [2.05, 4.69) is 217 Å². The van der Waals surface area contributed by atoms with Gasteiger partial charge in [-0.25, -0.2) is 24.9 Å². The number of pyridine rings is 1. The molecule has 1 aliphatic heterocycles. The largest absolute Gasteiger partial charge is 0.481 e. The van der Waals surface area contributed by atoms with Crippen LogP contribution in [0.2, 0.25) is 0 Å². The number of imidazole rings is 4. The second-order valence-corrected chi connectivity index (χ2v) is 41.7. The van der Waals surface area contributed by atoms with Gasteiger partial charge < -0.3 is 61.3 Å². The number of likely N-dealkylation sites (N-methyl/N-ethyl adjacent to an activating group) is 1. The number of nitrogens with zero attached hydrogens (tertiary/aromatic N) is 7. The molecular formula is C109H140N16O8. The van der Waals surface area contributed by atoms with Gasteiger partial charge in [0.15, 0.2) is 23.3 Å². The summed E-state index contributed by atoms with van der Waals surface area (Å²) >= 11 is 0. The number of Topliss-reactive ketones (excluding diaryl/α,β-unsaturated/α-hetero) is 1. The Kier molecular flexibility index (Phi) is 31.1. The van der Waals surface area contributed by atoms with E-state index in [1.165, 1.54) is 72.3 Å². The minimum atomic E-state index is -0.853. The summed E-state index contributed by atoms with van der Waals surface area (Å²) < 4.78 is 5.33. The Labute approximate surface area is 786 Å². The number of ether oxygens (including phenoxy) is 1. The molecule has 10 N–H and O–H groups in total. The first-order chi connectivity index (χ1) is 63.7. The van der Waals surface area contributed by atoms with Crippen LogP contribution in [0.5, 0.6) is 0 Å². The van der Waals surface area contributed by atoms with Crippen molar-refractivity contribution in [3.63, 3.8) is 0 Å². The number of allylic oxidation sites excluding steroid dienone is 8. The molecule has 0 radical (unpaired) electrons. The van der Waals surface area contributed by atoms with Gasteiger partial charge in [0.1, 0.15) is 17.2 Å². The summed E-state index contributed by atoms with van der Waals surface area (Å²) in [4.78, 5) is 114. The van der Waals surface area contributed by atoms with Gasteiger partial charge in [-0.3, -0.25) is 33.7 Å². The maximum absolute atomic E-state index is 13.1. The van der Waals surface area contributed by atoms with Crippen LogP contribution in [-0.4, -0.2) is 148 Å². The number of carbonyl (C=O) groups excluding carboxylic acids is 5. The van der Waals surface area contributed by atoms with Crippen LogP contribution in [0.4, 0.5) is 22.7 Å². The van der Waals surface area contributed by atoms with Crippen molar-refractivity contribution < 1.29 is 38.6 Å². The zero-order chi connectivity index (χ0) is 94.5. The molecule has 0 unspecified atom stereocenters. The highest BCUT2D eigenvalue weighted by atomic mass is 16.5. The number of hydrogen-bond acceptors (Lipinski definition) is 15. The molecule has 5 aromatic heterocycles. The van der Waals surface area contributed by atoms with E-state index in [1.807, 2.05) is 38.1 Å². The van der Waals surface area contributed by atoms with E-state index < -0.39 is 11.4 Å². The first kappa shape index (κ1) is 97.6. The lowest BCUT2D eigenvalue weighted by molar-refractivity contribution is -0.143. The number of hydrogen-bond donors (Lipinski definition) is 10. The quantitative estimate of drug-likeness (QED) is 0.0210. The molecule has 1 saturated heterocycles. The van der Waals surface area contributed by atoms with E-state index in [1.54, 1.807) is 19.5 Å². The number of aromatic amines is 4. The number of amides is 4. The van der Waals surface area contributed by atoms with Gasteiger partial charge in [-0.05, 0) is 264 Å². The van der Waals surface area contributed by atoms with E-state index >= 15 is 0 Å². The molecule has 3 aromatic carbocycles. The third-order valence-corrected chi connectivity index (χ3v) is 29.7. The second kappa shape index (κ2) is 42.4. The SMILES string of the molecule is C#Cc1cnc(C(=O)Nc2ccc(C3(C(=O)O)CCCC3)cc2C2=CCC(C)(C)CC2)[nH]1.C#Cc1cnc(C(=O)Nc2ccc(C3(N4CCN(CC)CC4)CCCC3)nc2C2=CCC(C)(C)CC2)[nH]1.COCCNC1(c2ccc(NC(=O)c3ncc(C)[nH]3)c(C3=CCC(C)(C)CC3)c2)CCCCC1.Cc1cnc(C(=O)Nc2ccc(C3CCC(=O)CC3)cc2C2=CCC(C)(C)CC2)[nH]1. The number of carbonyl (C=O) groups is 6. The standard InChI is InChI=1S/C30H40N6O.C28H40N4O2.C26H29N3O3.C25H31N3O2/c1-5-23-21-31-27(32-23)28(37)33-24-9-10-25(34-26(24)22-11-15-29(3,4)16-12-22)30(13-7-8-14-30)36-19-17-35(6-2)18-20-36;1-20-19-29-25(31-20)26(33)32-24-9-8-22(18-23(24)21-10-14-27(2,3)15-11-21)28(30-16-17-34-4)12-6-5-7-13-28;1-4-19-16-27-22(28-19)23(30)29-21-8-7-18(26(24(31)32)11-5-6-12-26)15-20(21)17-9-13-25(2,3)14-10-17;1-16-15-26-23(27-16)24(30)28-22-9-6-19(17-4-7-20(29)8-5-17)14-21(22)18-10-12-25(2,3)13-11-18/h1,9-11,21H,6-8,12-20H2,2-4H3,(H,31,32)(H,33,37);8-10,18-19,30H,5-7,11-17H2,1-4H3,(H,29,31)(H,32,33);1,7-9,15-16H,5-6,10-14H2,2-3H3,(H,27,28)(H,29,30)(H,31,32);6,9-10,14-15,17H,4-5,7-8,11-13H2,1-3H3,(H,26,27)(H,28,30). The van der Waals surface area contributed by atoms with Gasteiger partial charge in [0.25, 0.3) is 23.6 Å². The fourth-order valence-corrected chi connectivity index (χ4v) is 20.9. The zero-order valence-electron chi connectivity index (χ0n) is 80.6. The van der Waals surface area contributed by atoms with Gasteiger partial charge in [-0.2, -0.15) is 0 Å². The number of aryl methyl sites for hydroxylation is 2. The number of carboxylic acids is 1. The number of carboxylic acid groups (broad SMARTS) is 1. The highest BCUT2D eigenvalue weighted by molar-refractivity contribution is 6.06. The Morgan fingerprint density at radius 3 is 1.33 bits per heavy atom. The average molecular weight is 1800 g/mol. The molecule has 6 heterocycles. The molecular weight excluding hydrogens is 1660 g/mol. The Hall–Kier alpha value is -11.4. The summed E-state index contributed by atoms with van der Waals surface area (Å²) in [6.07, 6.45) is 55.7. The van der Waals surface area contributed by atoms with E-state index in [-0.39, 0.29) is 57.2 Å². The Morgan fingerprint density at radius 2 is 0.902 bits per heavy atom. The maximum atomic E-state index is 13.1. The molecule has 4 saturated carbocycles. The summed E-state index contributed by atoms with van der Waals surface area (Å²) in [5, 5.41) is 26.1. The predicted molar refractivity (Wildman–Crippen MR) is 530 cm³/mol. The molecule has 4 amide bonds. The number of aromatic nitrogens is 9. The Bertz CT molecular complexity index is 5750. The summed E-state index contributed by atoms with van der Waals surface area (Å²) in [7, 11) is 1.75. The second-order valence-electron chi connectivity index (χ2n) is 41.7. The smallest absolute Gasteiger partial charge is 0.314 e. The number of H-pyrrole nitrogens is 4. The monoisotopic (exact) mass is 1800 g/mol. The van der Waals surface area contributed by atoms with E-state index in [4.69, 9.17) is 22.6 Å². The van der Waals surface area contributed by atoms with Crippen molar-refractivity contribution in [3.05, 3.63) is 207 Å². The van der Waals surface area contributed by atoms with Crippen molar-refractivity contribution in [3.8, 4) is 24.7 Å². The minimum absolute atomic E-state index is 0.0195. The number of ketones is 1. The fourth-order valence-electron chi connectivity index (χ4n) is 20.9. The number of benzene rings is 3. The van der Waals surface area contributed by atoms with Gasteiger partial charge in [0.2, 0.25) is 0 Å². The topological polar surface area (TPSA) is 326 Å². The number of aliphatic carboxylic acids is 1. The molecule has 24 heteroatoms. The molecule has 24 nitrogen and oxygen atoms in total. The molecule has 17 rings (SSSR count). The van der Waals surface area contributed by atoms with E-state index in [0.717, 1.165) is 235 Å². The Morgan fingerprint density at radius 1 is 0.489 bits per heavy atom. The summed E-state index contributed by atoms with van der Waals surface area (Å²) in [5.74, 6) is 4.85. The molecule has 5 fully saturated rings. The zero-order valence-corrected chi connectivity index (χ0v) is 80.6. The number of anilines is 4. The fraction of sp³-hybridized carbons (Fsp3) is 0.514. The number of terminal acetylenes is 2. The third-order valence-electron chi connectivity index (χ3n) is 29.7. The van der Waals surface area contributed by atoms with Gasteiger partial charge in [-0.15, -0.1) is 12.8 Å². The predicted octanol–water partition coefficient (Wildman–Crippen LogP) is 21.9. The third kappa shape index (κ3) is 23.9. The number of nitrogens with one attached hydrogen (secondary N) is 9. The minimum Gasteiger partial charge on any atom is -0.481 e. The molecule has 0 spiro atoms. The average Bonchev–Trinajstić information content (AvgIpc) is 1.73. The highest BCUT2D eigenvalue weighted by Crippen LogP contribution is 2.51. The van der Waals surface area contributed by atoms with Crippen LogP contribution in [0.15, 0.2) is 116 Å². The number of methoxy groups -OCH3 is 1. The maximum Gasteiger partial charge on any atom is 0.314 e. The van der Waals surface area contributed by atoms with Crippen LogP contribution in [0, 0.1) is 60.2 Å².